The van der Waals surface area contributed by atoms with E-state index >= 15 is 0 Å². The van der Waals surface area contributed by atoms with Crippen molar-refractivity contribution in [1.82, 2.24) is 0 Å². The fourth-order valence-corrected chi connectivity index (χ4v) is 3.78. The fraction of sp³-hybridized carbons (Fsp3) is 0.667. The molecule has 0 amide bonds. The second-order valence-electron chi connectivity index (χ2n) is 8.81. The van der Waals surface area contributed by atoms with E-state index in [1.807, 2.05) is 40.7 Å². The van der Waals surface area contributed by atoms with Gasteiger partial charge in [0.2, 0.25) is 0 Å². The summed E-state index contributed by atoms with van der Waals surface area (Å²) in [5.74, 6) is 0.618. The number of aryl methyl sites for hydroxylation is 1. The molecule has 1 aromatic rings. The predicted molar refractivity (Wildman–Crippen MR) is 98.8 cm³/mol. The lowest BCUT2D eigenvalue weighted by atomic mass is 9.63. The molecule has 25 heavy (non-hydrogen) atoms. The molecule has 0 radical (unpaired) electrons. The van der Waals surface area contributed by atoms with E-state index in [4.69, 9.17) is 9.47 Å². The van der Waals surface area contributed by atoms with E-state index in [1.165, 1.54) is 0 Å². The van der Waals surface area contributed by atoms with Crippen LogP contribution in [-0.4, -0.2) is 30.9 Å². The first-order valence-electron chi connectivity index (χ1n) is 8.96. The zero-order valence-corrected chi connectivity index (χ0v) is 16.6. The fourth-order valence-electron chi connectivity index (χ4n) is 3.78. The first-order valence-corrected chi connectivity index (χ1v) is 8.96. The lowest BCUT2D eigenvalue weighted by molar-refractivity contribution is -0.160. The Morgan fingerprint density at radius 2 is 1.96 bits per heavy atom. The Hall–Kier alpha value is -1.55. The van der Waals surface area contributed by atoms with E-state index in [2.05, 4.69) is 19.1 Å². The topological polar surface area (TPSA) is 55.8 Å². The number of benzene rings is 1. The molecule has 0 heterocycles. The largest absolute Gasteiger partial charge is 0.496 e. The Morgan fingerprint density at radius 3 is 2.48 bits per heavy atom. The van der Waals surface area contributed by atoms with Crippen molar-refractivity contribution in [2.75, 3.05) is 13.7 Å². The molecule has 0 unspecified atom stereocenters. The number of hydrogen-bond acceptors (Lipinski definition) is 4. The van der Waals surface area contributed by atoms with E-state index in [0.717, 1.165) is 23.3 Å². The first kappa shape index (κ1) is 19.8. The van der Waals surface area contributed by atoms with Crippen molar-refractivity contribution in [2.45, 2.75) is 65.9 Å². The zero-order chi connectivity index (χ0) is 19.0. The molecule has 140 valence electrons. The standard InChI is InChI=1S/C21H32O4/c1-14-12-15(8-9-16(14)24-7)20(5)11-10-17(22)21(20,6)13-25-18(23)19(2,3)4/h8-9,12,17,22H,10-11,13H2,1-7H3/t17-,20-,21-/m0/s1. The number of esters is 1. The second-order valence-corrected chi connectivity index (χ2v) is 8.81. The average molecular weight is 348 g/mol. The monoisotopic (exact) mass is 348 g/mol. The normalized spacial score (nSPS) is 29.5. The van der Waals surface area contributed by atoms with Gasteiger partial charge in [0.25, 0.3) is 0 Å². The minimum Gasteiger partial charge on any atom is -0.496 e. The van der Waals surface area contributed by atoms with E-state index in [0.29, 0.717) is 6.42 Å². The van der Waals surface area contributed by atoms with Gasteiger partial charge in [-0.2, -0.15) is 0 Å². The van der Waals surface area contributed by atoms with E-state index < -0.39 is 16.9 Å². The van der Waals surface area contributed by atoms with Crippen molar-refractivity contribution in [3.63, 3.8) is 0 Å². The summed E-state index contributed by atoms with van der Waals surface area (Å²) in [4.78, 5) is 12.2. The maximum atomic E-state index is 12.2. The molecule has 0 spiro atoms. The van der Waals surface area contributed by atoms with Crippen LogP contribution in [0.25, 0.3) is 0 Å². The van der Waals surface area contributed by atoms with Gasteiger partial charge in [-0.15, -0.1) is 0 Å². The van der Waals surface area contributed by atoms with Crippen LogP contribution >= 0.6 is 0 Å². The molecule has 3 atom stereocenters. The van der Waals surface area contributed by atoms with Gasteiger partial charge in [-0.1, -0.05) is 26.0 Å². The van der Waals surface area contributed by atoms with Gasteiger partial charge < -0.3 is 14.6 Å². The molecule has 1 aromatic carbocycles. The van der Waals surface area contributed by atoms with Gasteiger partial charge in [-0.25, -0.2) is 0 Å². The number of carbonyl (C=O) groups is 1. The van der Waals surface area contributed by atoms with Crippen LogP contribution in [0.1, 0.15) is 58.6 Å². The third kappa shape index (κ3) is 3.41. The Morgan fingerprint density at radius 1 is 1.32 bits per heavy atom. The third-order valence-corrected chi connectivity index (χ3v) is 6.06. The summed E-state index contributed by atoms with van der Waals surface area (Å²) < 4.78 is 11.0. The highest BCUT2D eigenvalue weighted by atomic mass is 16.5. The number of methoxy groups -OCH3 is 1. The van der Waals surface area contributed by atoms with Crippen LogP contribution in [0.2, 0.25) is 0 Å². The van der Waals surface area contributed by atoms with Crippen LogP contribution in [0.15, 0.2) is 18.2 Å². The number of carbonyl (C=O) groups excluding carboxylic acids is 1. The second kappa shape index (κ2) is 6.64. The number of aliphatic hydroxyl groups is 1. The molecule has 0 aromatic heterocycles. The number of rotatable bonds is 4. The van der Waals surface area contributed by atoms with Gasteiger partial charge in [0.1, 0.15) is 5.75 Å². The summed E-state index contributed by atoms with van der Waals surface area (Å²) in [6, 6.07) is 6.16. The van der Waals surface area contributed by atoms with Crippen molar-refractivity contribution < 1.29 is 19.4 Å². The summed E-state index contributed by atoms with van der Waals surface area (Å²) in [5.41, 5.74) is 0.858. The molecule has 0 bridgehead atoms. The van der Waals surface area contributed by atoms with Crippen molar-refractivity contribution in [3.05, 3.63) is 29.3 Å². The van der Waals surface area contributed by atoms with Crippen LogP contribution in [0.3, 0.4) is 0 Å². The highest BCUT2D eigenvalue weighted by Gasteiger charge is 2.56. The van der Waals surface area contributed by atoms with E-state index in [1.54, 1.807) is 7.11 Å². The Kier molecular flexibility index (Phi) is 5.25. The quantitative estimate of drug-likeness (QED) is 0.835. The maximum Gasteiger partial charge on any atom is 0.311 e. The SMILES string of the molecule is COc1ccc([C@]2(C)CC[C@H](O)[C@]2(C)COC(=O)C(C)(C)C)cc1C. The van der Waals surface area contributed by atoms with Crippen molar-refractivity contribution >= 4 is 5.97 Å². The van der Waals surface area contributed by atoms with Crippen LogP contribution in [-0.2, 0) is 14.9 Å². The Balaban J connectivity index is 2.34. The lowest BCUT2D eigenvalue weighted by Gasteiger charge is -2.43. The van der Waals surface area contributed by atoms with E-state index in [-0.39, 0.29) is 18.0 Å². The smallest absolute Gasteiger partial charge is 0.311 e. The van der Waals surface area contributed by atoms with Crippen LogP contribution < -0.4 is 4.74 Å². The Bertz CT molecular complexity index is 646. The molecule has 1 N–H and O–H groups in total. The zero-order valence-electron chi connectivity index (χ0n) is 16.6. The average Bonchev–Trinajstić information content (AvgIpc) is 2.77. The van der Waals surface area contributed by atoms with Gasteiger partial charge in [-0.05, 0) is 57.7 Å². The highest BCUT2D eigenvalue weighted by Crippen LogP contribution is 2.54. The van der Waals surface area contributed by atoms with Crippen molar-refractivity contribution in [2.24, 2.45) is 10.8 Å². The highest BCUT2D eigenvalue weighted by molar-refractivity contribution is 5.75. The summed E-state index contributed by atoms with van der Waals surface area (Å²) in [5, 5.41) is 10.7. The molecule has 1 fully saturated rings. The van der Waals surface area contributed by atoms with Crippen LogP contribution in [0.5, 0.6) is 5.75 Å². The van der Waals surface area contributed by atoms with Crippen molar-refractivity contribution in [1.29, 1.82) is 0 Å². The summed E-state index contributed by atoms with van der Waals surface area (Å²) in [6.07, 6.45) is 1.04. The maximum absolute atomic E-state index is 12.2. The summed E-state index contributed by atoms with van der Waals surface area (Å²) >= 11 is 0. The summed E-state index contributed by atoms with van der Waals surface area (Å²) in [6.45, 7) is 12.0. The molecule has 1 aliphatic rings. The van der Waals surface area contributed by atoms with Crippen LogP contribution in [0, 0.1) is 17.8 Å². The third-order valence-electron chi connectivity index (χ3n) is 6.06. The van der Waals surface area contributed by atoms with Gasteiger partial charge in [0.05, 0.1) is 25.2 Å². The van der Waals surface area contributed by atoms with Crippen molar-refractivity contribution in [3.8, 4) is 5.75 Å². The molecule has 1 aliphatic carbocycles. The molecule has 2 rings (SSSR count). The van der Waals surface area contributed by atoms with Gasteiger partial charge in [-0.3, -0.25) is 4.79 Å². The minimum atomic E-state index is -0.549. The number of ether oxygens (including phenoxy) is 2. The first-order chi connectivity index (χ1) is 11.5. The summed E-state index contributed by atoms with van der Waals surface area (Å²) in [7, 11) is 1.67. The molecule has 0 aliphatic heterocycles. The molecular formula is C21H32O4. The lowest BCUT2D eigenvalue weighted by Crippen LogP contribution is -2.47. The van der Waals surface area contributed by atoms with Gasteiger partial charge >= 0.3 is 5.97 Å². The minimum absolute atomic E-state index is 0.214. The number of aliphatic hydroxyl groups excluding tert-OH is 1. The molecule has 4 heteroatoms. The van der Waals surface area contributed by atoms with Gasteiger partial charge in [0.15, 0.2) is 0 Å². The molecule has 0 saturated heterocycles. The van der Waals surface area contributed by atoms with Crippen LogP contribution in [0.4, 0.5) is 0 Å². The molecule has 4 nitrogen and oxygen atoms in total. The number of hydrogen-bond donors (Lipinski definition) is 1. The molecular weight excluding hydrogens is 316 g/mol. The van der Waals surface area contributed by atoms with Gasteiger partial charge in [0, 0.05) is 10.8 Å². The predicted octanol–water partition coefficient (Wildman–Crippen LogP) is 4.01. The van der Waals surface area contributed by atoms with E-state index in [9.17, 15) is 9.90 Å². The Labute approximate surface area is 151 Å². The molecule has 1 saturated carbocycles.